The molecule has 0 bridgehead atoms. The second kappa shape index (κ2) is 6.74. The minimum Gasteiger partial charge on any atom is -0.335 e. The molecule has 1 unspecified atom stereocenters. The van der Waals surface area contributed by atoms with Crippen molar-refractivity contribution in [2.24, 2.45) is 7.05 Å². The van der Waals surface area contributed by atoms with Crippen molar-refractivity contribution in [2.75, 3.05) is 12.3 Å². The number of thioether (sulfide) groups is 1. The quantitative estimate of drug-likeness (QED) is 0.809. The third-order valence-electron chi connectivity index (χ3n) is 4.48. The summed E-state index contributed by atoms with van der Waals surface area (Å²) >= 11 is 1.57. The summed E-state index contributed by atoms with van der Waals surface area (Å²) in [6.45, 7) is 4.96. The molecule has 0 aromatic carbocycles. The molecule has 6 heteroatoms. The van der Waals surface area contributed by atoms with Crippen LogP contribution in [0.4, 0.5) is 0 Å². The lowest BCUT2D eigenvalue weighted by molar-refractivity contribution is -0.129. The van der Waals surface area contributed by atoms with Crippen molar-refractivity contribution < 1.29 is 4.79 Å². The van der Waals surface area contributed by atoms with Crippen LogP contribution in [0.15, 0.2) is 29.4 Å². The maximum atomic E-state index is 12.7. The summed E-state index contributed by atoms with van der Waals surface area (Å²) in [7, 11) is 1.96. The van der Waals surface area contributed by atoms with Crippen LogP contribution in [-0.4, -0.2) is 37.9 Å². The van der Waals surface area contributed by atoms with Gasteiger partial charge in [0.15, 0.2) is 0 Å². The molecule has 0 saturated carbocycles. The molecule has 1 fully saturated rings. The lowest BCUT2D eigenvalue weighted by atomic mass is 10.0. The summed E-state index contributed by atoms with van der Waals surface area (Å²) in [6, 6.07) is 4.05. The van der Waals surface area contributed by atoms with Crippen LogP contribution in [0, 0.1) is 13.8 Å². The molecule has 0 spiro atoms. The third kappa shape index (κ3) is 3.27. The molecule has 1 aliphatic rings. The van der Waals surface area contributed by atoms with E-state index in [0.717, 1.165) is 35.7 Å². The van der Waals surface area contributed by atoms with Gasteiger partial charge in [-0.05, 0) is 38.8 Å². The van der Waals surface area contributed by atoms with Gasteiger partial charge in [0.2, 0.25) is 5.91 Å². The summed E-state index contributed by atoms with van der Waals surface area (Å²) < 4.78 is 1.91. The van der Waals surface area contributed by atoms with Crippen LogP contribution in [-0.2, 0) is 11.8 Å². The molecule has 0 radical (unpaired) electrons. The fourth-order valence-electron chi connectivity index (χ4n) is 3.30. The second-order valence-electron chi connectivity index (χ2n) is 5.92. The average Bonchev–Trinajstić information content (AvgIpc) is 3.11. The molecule has 1 aliphatic heterocycles. The van der Waals surface area contributed by atoms with Gasteiger partial charge in [-0.2, -0.15) is 5.10 Å². The van der Waals surface area contributed by atoms with Gasteiger partial charge in [-0.3, -0.25) is 14.5 Å². The summed E-state index contributed by atoms with van der Waals surface area (Å²) in [5, 5.41) is 4.51. The number of carbonyl (C=O) groups is 1. The largest absolute Gasteiger partial charge is 0.335 e. The number of nitrogens with zero attached hydrogens (tertiary/aromatic N) is 4. The van der Waals surface area contributed by atoms with Gasteiger partial charge in [-0.25, -0.2) is 0 Å². The van der Waals surface area contributed by atoms with E-state index in [-0.39, 0.29) is 11.9 Å². The van der Waals surface area contributed by atoms with Gasteiger partial charge in [0.25, 0.3) is 0 Å². The SMILES string of the molecule is Cc1nn(C)c(C)c1C1CCCN1C(=O)CSc1ccncc1. The molecular formula is C17H22N4OS. The number of likely N-dealkylation sites (tertiary alicyclic amines) is 1. The Kier molecular flexibility index (Phi) is 4.71. The monoisotopic (exact) mass is 330 g/mol. The molecule has 1 atom stereocenters. The van der Waals surface area contributed by atoms with Gasteiger partial charge in [0.1, 0.15) is 0 Å². The highest BCUT2D eigenvalue weighted by Crippen LogP contribution is 2.36. The number of amides is 1. The first kappa shape index (κ1) is 16.1. The molecule has 0 aliphatic carbocycles. The molecule has 122 valence electrons. The van der Waals surface area contributed by atoms with Crippen molar-refractivity contribution in [1.29, 1.82) is 0 Å². The Morgan fingerprint density at radius 1 is 1.35 bits per heavy atom. The predicted octanol–water partition coefficient (Wildman–Crippen LogP) is 2.89. The maximum Gasteiger partial charge on any atom is 0.233 e. The van der Waals surface area contributed by atoms with Gasteiger partial charge in [-0.15, -0.1) is 11.8 Å². The summed E-state index contributed by atoms with van der Waals surface area (Å²) in [4.78, 5) is 19.8. The van der Waals surface area contributed by atoms with Crippen LogP contribution in [0.5, 0.6) is 0 Å². The fourth-order valence-corrected chi connectivity index (χ4v) is 4.07. The van der Waals surface area contributed by atoms with Crippen molar-refractivity contribution in [3.63, 3.8) is 0 Å². The van der Waals surface area contributed by atoms with Crippen molar-refractivity contribution >= 4 is 17.7 Å². The molecular weight excluding hydrogens is 308 g/mol. The Balaban J connectivity index is 1.72. The molecule has 5 nitrogen and oxygen atoms in total. The second-order valence-corrected chi connectivity index (χ2v) is 6.97. The van der Waals surface area contributed by atoms with Gasteiger partial charge in [0, 0.05) is 42.1 Å². The van der Waals surface area contributed by atoms with Crippen molar-refractivity contribution in [3.8, 4) is 0 Å². The minimum atomic E-state index is 0.175. The molecule has 23 heavy (non-hydrogen) atoms. The summed E-state index contributed by atoms with van der Waals surface area (Å²) in [6.07, 6.45) is 5.60. The number of hydrogen-bond acceptors (Lipinski definition) is 4. The maximum absolute atomic E-state index is 12.7. The Labute approximate surface area is 141 Å². The average molecular weight is 330 g/mol. The van der Waals surface area contributed by atoms with E-state index in [2.05, 4.69) is 17.0 Å². The molecule has 1 saturated heterocycles. The summed E-state index contributed by atoms with van der Waals surface area (Å²) in [5.74, 6) is 0.677. The Morgan fingerprint density at radius 2 is 2.09 bits per heavy atom. The van der Waals surface area contributed by atoms with Gasteiger partial charge in [-0.1, -0.05) is 0 Å². The Bertz CT molecular complexity index is 698. The van der Waals surface area contributed by atoms with Gasteiger partial charge >= 0.3 is 0 Å². The number of aromatic nitrogens is 3. The Hall–Kier alpha value is -1.82. The first-order valence-electron chi connectivity index (χ1n) is 7.90. The number of hydrogen-bond donors (Lipinski definition) is 0. The van der Waals surface area contributed by atoms with Crippen LogP contribution >= 0.6 is 11.8 Å². The molecule has 0 N–H and O–H groups in total. The van der Waals surface area contributed by atoms with E-state index in [1.807, 2.05) is 35.7 Å². The van der Waals surface area contributed by atoms with Gasteiger partial charge < -0.3 is 4.90 Å². The highest BCUT2D eigenvalue weighted by molar-refractivity contribution is 8.00. The fraction of sp³-hybridized carbons (Fsp3) is 0.471. The topological polar surface area (TPSA) is 51.0 Å². The van der Waals surface area contributed by atoms with E-state index >= 15 is 0 Å². The zero-order valence-electron chi connectivity index (χ0n) is 13.8. The zero-order chi connectivity index (χ0) is 16.4. The normalized spacial score (nSPS) is 17.7. The van der Waals surface area contributed by atoms with E-state index in [0.29, 0.717) is 5.75 Å². The lowest BCUT2D eigenvalue weighted by Crippen LogP contribution is -2.32. The van der Waals surface area contributed by atoms with Crippen molar-refractivity contribution in [2.45, 2.75) is 37.6 Å². The number of rotatable bonds is 4. The molecule has 3 rings (SSSR count). The predicted molar refractivity (Wildman–Crippen MR) is 91.3 cm³/mol. The van der Waals surface area contributed by atoms with Crippen molar-refractivity contribution in [1.82, 2.24) is 19.7 Å². The zero-order valence-corrected chi connectivity index (χ0v) is 14.6. The van der Waals surface area contributed by atoms with E-state index in [4.69, 9.17) is 0 Å². The first-order chi connectivity index (χ1) is 11.1. The molecule has 2 aromatic heterocycles. The molecule has 2 aromatic rings. The van der Waals surface area contributed by atoms with E-state index < -0.39 is 0 Å². The van der Waals surface area contributed by atoms with Crippen LogP contribution < -0.4 is 0 Å². The Morgan fingerprint density at radius 3 is 2.74 bits per heavy atom. The van der Waals surface area contributed by atoms with Crippen molar-refractivity contribution in [3.05, 3.63) is 41.5 Å². The third-order valence-corrected chi connectivity index (χ3v) is 5.48. The number of pyridine rings is 1. The van der Waals surface area contributed by atoms with Crippen LogP contribution in [0.3, 0.4) is 0 Å². The van der Waals surface area contributed by atoms with Crippen LogP contribution in [0.1, 0.15) is 35.8 Å². The molecule has 3 heterocycles. The number of carbonyl (C=O) groups excluding carboxylic acids is 1. The van der Waals surface area contributed by atoms with Crippen LogP contribution in [0.2, 0.25) is 0 Å². The first-order valence-corrected chi connectivity index (χ1v) is 8.89. The minimum absolute atomic E-state index is 0.175. The highest BCUT2D eigenvalue weighted by Gasteiger charge is 2.33. The van der Waals surface area contributed by atoms with E-state index in [9.17, 15) is 4.79 Å². The standard InChI is InChI=1S/C17H22N4OS/c1-12-17(13(2)20(3)19-12)15-5-4-10-21(15)16(22)11-23-14-6-8-18-9-7-14/h6-9,15H,4-5,10-11H2,1-3H3. The summed E-state index contributed by atoms with van der Waals surface area (Å²) in [5.41, 5.74) is 3.43. The number of aryl methyl sites for hydroxylation is 2. The van der Waals surface area contributed by atoms with E-state index in [1.165, 1.54) is 5.56 Å². The highest BCUT2D eigenvalue weighted by atomic mass is 32.2. The van der Waals surface area contributed by atoms with E-state index in [1.54, 1.807) is 24.2 Å². The van der Waals surface area contributed by atoms with Crippen LogP contribution in [0.25, 0.3) is 0 Å². The van der Waals surface area contributed by atoms with Gasteiger partial charge in [0.05, 0.1) is 17.5 Å². The molecule has 1 amide bonds. The smallest absolute Gasteiger partial charge is 0.233 e. The lowest BCUT2D eigenvalue weighted by Gasteiger charge is -2.25.